The zero-order valence-corrected chi connectivity index (χ0v) is 9.64. The molecule has 0 spiro atoms. The van der Waals surface area contributed by atoms with Gasteiger partial charge in [0.2, 0.25) is 10.0 Å². The van der Waals surface area contributed by atoms with Gasteiger partial charge < -0.3 is 5.11 Å². The second kappa shape index (κ2) is 3.93. The Balaban J connectivity index is 3.11. The van der Waals surface area contributed by atoms with Gasteiger partial charge in [0.05, 0.1) is 4.90 Å². The summed E-state index contributed by atoms with van der Waals surface area (Å²) >= 11 is 0. The molecule has 0 fully saturated rings. The summed E-state index contributed by atoms with van der Waals surface area (Å²) in [6.45, 7) is 0. The van der Waals surface area contributed by atoms with E-state index in [0.29, 0.717) is 0 Å². The largest absolute Gasteiger partial charge is 0.477 e. The third-order valence-electron chi connectivity index (χ3n) is 2.36. The van der Waals surface area contributed by atoms with E-state index in [-0.39, 0.29) is 10.4 Å². The van der Waals surface area contributed by atoms with Gasteiger partial charge in [-0.1, -0.05) is 12.1 Å². The molecule has 93 valence electrons. The number of primary sulfonamides is 1. The number of benzene rings is 1. The molecule has 7 nitrogen and oxygen atoms in total. The van der Waals surface area contributed by atoms with Crippen molar-refractivity contribution in [3.63, 3.8) is 0 Å². The topological polar surface area (TPSA) is 129 Å². The monoisotopic (exact) mass is 267 g/mol. The minimum absolute atomic E-state index is 0.215. The van der Waals surface area contributed by atoms with Crippen molar-refractivity contribution in [1.29, 1.82) is 0 Å². The number of rotatable bonds is 2. The number of hydrogen-bond donors (Lipinski definition) is 2. The maximum atomic E-state index is 11.4. The van der Waals surface area contributed by atoms with Crippen LogP contribution in [-0.2, 0) is 19.6 Å². The first-order valence-electron chi connectivity index (χ1n) is 4.67. The molecule has 1 heterocycles. The van der Waals surface area contributed by atoms with Gasteiger partial charge in [-0.15, -0.1) is 0 Å². The number of aliphatic carboxylic acids is 1. The Bertz CT molecular complexity index is 779. The predicted octanol–water partition coefficient (Wildman–Crippen LogP) is -2.55. The van der Waals surface area contributed by atoms with Crippen molar-refractivity contribution < 1.29 is 23.1 Å². The first-order chi connectivity index (χ1) is 8.32. The summed E-state index contributed by atoms with van der Waals surface area (Å²) in [5, 5.41) is 17.4. The van der Waals surface area contributed by atoms with E-state index in [0.717, 1.165) is 12.3 Å². The van der Waals surface area contributed by atoms with Gasteiger partial charge >= 0.3 is 5.97 Å². The highest BCUT2D eigenvalue weighted by Gasteiger charge is 2.25. The number of sulfonamides is 1. The zero-order chi connectivity index (χ0) is 13.5. The Kier molecular flexibility index (Phi) is 2.68. The molecule has 1 aliphatic heterocycles. The number of hydrogen-bond acceptors (Lipinski definition) is 4. The van der Waals surface area contributed by atoms with Crippen LogP contribution in [0, 0.1) is 0 Å². The van der Waals surface area contributed by atoms with Crippen LogP contribution in [0.4, 0.5) is 0 Å². The van der Waals surface area contributed by atoms with E-state index in [9.17, 15) is 18.0 Å². The van der Waals surface area contributed by atoms with E-state index in [1.165, 1.54) is 12.1 Å². The van der Waals surface area contributed by atoms with Crippen LogP contribution < -0.4 is 20.9 Å². The van der Waals surface area contributed by atoms with E-state index in [1.807, 2.05) is 0 Å². The number of nitrogens with two attached hydrogens (primary N) is 1. The van der Waals surface area contributed by atoms with E-state index in [1.54, 1.807) is 0 Å². The van der Waals surface area contributed by atoms with Crippen molar-refractivity contribution >= 4 is 33.7 Å². The van der Waals surface area contributed by atoms with Gasteiger partial charge in [-0.05, 0) is 6.07 Å². The van der Waals surface area contributed by atoms with Crippen LogP contribution in [0.1, 0.15) is 0 Å². The fraction of sp³-hybridized carbons (Fsp3) is 0. The van der Waals surface area contributed by atoms with Crippen molar-refractivity contribution in [3.05, 3.63) is 28.6 Å². The van der Waals surface area contributed by atoms with Crippen LogP contribution >= 0.6 is 0 Å². The van der Waals surface area contributed by atoms with Crippen LogP contribution in [0.15, 0.2) is 23.1 Å². The SMILES string of the molecule is NS(=O)(=O)c1cccc2c1=C(C(=O)O)C(=O)[N]C=2. The third kappa shape index (κ3) is 1.87. The number of carbonyl (C=O) groups excluding carboxylic acids is 1. The smallest absolute Gasteiger partial charge is 0.342 e. The molecule has 1 amide bonds. The molecule has 1 aromatic rings. The predicted molar refractivity (Wildman–Crippen MR) is 59.7 cm³/mol. The van der Waals surface area contributed by atoms with Gasteiger partial charge in [0, 0.05) is 16.6 Å². The molecule has 1 aliphatic rings. The molecular formula is C10H7N2O5S. The first kappa shape index (κ1) is 12.3. The van der Waals surface area contributed by atoms with Crippen molar-refractivity contribution in [2.75, 3.05) is 0 Å². The fourth-order valence-corrected chi connectivity index (χ4v) is 2.43. The Labute approximate surface area is 101 Å². The maximum absolute atomic E-state index is 11.4. The summed E-state index contributed by atoms with van der Waals surface area (Å²) in [4.78, 5) is 22.1. The number of carboxylic acid groups (broad SMARTS) is 1. The molecule has 0 saturated carbocycles. The molecule has 1 radical (unpaired) electrons. The number of nitrogens with zero attached hydrogens (tertiary/aromatic N) is 1. The summed E-state index contributed by atoms with van der Waals surface area (Å²) in [6, 6.07) is 3.98. The highest BCUT2D eigenvalue weighted by Crippen LogP contribution is 2.03. The van der Waals surface area contributed by atoms with Crippen molar-refractivity contribution in [1.82, 2.24) is 5.32 Å². The number of carbonyl (C=O) groups is 2. The van der Waals surface area contributed by atoms with Gasteiger partial charge in [-0.25, -0.2) is 23.7 Å². The van der Waals surface area contributed by atoms with Crippen LogP contribution in [0.25, 0.3) is 11.8 Å². The Morgan fingerprint density at radius 1 is 1.33 bits per heavy atom. The molecule has 0 atom stereocenters. The molecule has 0 aromatic heterocycles. The minimum Gasteiger partial charge on any atom is -0.477 e. The summed E-state index contributed by atoms with van der Waals surface area (Å²) in [5.41, 5.74) is -0.697. The number of carboxylic acids is 1. The second-order valence-corrected chi connectivity index (χ2v) is 5.04. The van der Waals surface area contributed by atoms with E-state index in [2.05, 4.69) is 5.32 Å². The van der Waals surface area contributed by atoms with Crippen LogP contribution in [0.3, 0.4) is 0 Å². The lowest BCUT2D eigenvalue weighted by molar-refractivity contribution is -0.132. The summed E-state index contributed by atoms with van der Waals surface area (Å²) in [7, 11) is -4.13. The van der Waals surface area contributed by atoms with E-state index in [4.69, 9.17) is 10.2 Å². The van der Waals surface area contributed by atoms with E-state index >= 15 is 0 Å². The quantitative estimate of drug-likeness (QED) is 0.609. The van der Waals surface area contributed by atoms with Crippen molar-refractivity contribution in [2.45, 2.75) is 4.90 Å². The van der Waals surface area contributed by atoms with Crippen LogP contribution in [0.2, 0.25) is 0 Å². The summed E-state index contributed by atoms with van der Waals surface area (Å²) < 4.78 is 22.8. The molecular weight excluding hydrogens is 260 g/mol. The molecule has 3 N–H and O–H groups in total. The number of fused-ring (bicyclic) bond motifs is 1. The molecule has 2 rings (SSSR count). The third-order valence-corrected chi connectivity index (χ3v) is 3.32. The van der Waals surface area contributed by atoms with E-state index < -0.39 is 32.4 Å². The first-order valence-corrected chi connectivity index (χ1v) is 6.22. The normalized spacial score (nSPS) is 14.5. The molecule has 0 bridgehead atoms. The summed E-state index contributed by atoms with van der Waals surface area (Å²) in [6.07, 6.45) is 1.11. The summed E-state index contributed by atoms with van der Waals surface area (Å²) in [5.74, 6) is -2.56. The minimum atomic E-state index is -4.13. The lowest BCUT2D eigenvalue weighted by Gasteiger charge is -2.08. The lowest BCUT2D eigenvalue weighted by Crippen LogP contribution is -2.43. The number of amides is 1. The Hall–Kier alpha value is -2.19. The Morgan fingerprint density at radius 3 is 2.56 bits per heavy atom. The molecule has 0 saturated heterocycles. The average molecular weight is 267 g/mol. The zero-order valence-electron chi connectivity index (χ0n) is 8.82. The molecule has 18 heavy (non-hydrogen) atoms. The average Bonchev–Trinajstić information content (AvgIpc) is 2.26. The van der Waals surface area contributed by atoms with Crippen molar-refractivity contribution in [3.8, 4) is 0 Å². The second-order valence-electron chi connectivity index (χ2n) is 3.51. The van der Waals surface area contributed by atoms with Crippen molar-refractivity contribution in [2.24, 2.45) is 5.14 Å². The lowest BCUT2D eigenvalue weighted by atomic mass is 10.1. The van der Waals surface area contributed by atoms with Gasteiger partial charge in [0.15, 0.2) is 0 Å². The highest BCUT2D eigenvalue weighted by molar-refractivity contribution is 7.89. The van der Waals surface area contributed by atoms with Crippen LogP contribution in [0.5, 0.6) is 0 Å². The fourth-order valence-electron chi connectivity index (χ4n) is 1.66. The van der Waals surface area contributed by atoms with Gasteiger partial charge in [-0.2, -0.15) is 0 Å². The molecule has 1 aromatic carbocycles. The molecule has 0 unspecified atom stereocenters. The Morgan fingerprint density at radius 2 is 2.00 bits per heavy atom. The van der Waals surface area contributed by atoms with Gasteiger partial charge in [0.25, 0.3) is 5.91 Å². The van der Waals surface area contributed by atoms with Gasteiger partial charge in [-0.3, -0.25) is 4.79 Å². The molecule has 0 aliphatic carbocycles. The van der Waals surface area contributed by atoms with Gasteiger partial charge in [0.1, 0.15) is 5.57 Å². The highest BCUT2D eigenvalue weighted by atomic mass is 32.2. The standard InChI is InChI=1S/C10H7N2O5S/c11-18(16,17)6-3-1-2-5-4-12-9(13)8(7(5)6)10(14)15/h1-4H,(H,14,15)(H2,11,16,17). The maximum Gasteiger partial charge on any atom is 0.342 e. The van der Waals surface area contributed by atoms with Crippen LogP contribution in [-0.4, -0.2) is 25.4 Å². The molecule has 8 heteroatoms.